The van der Waals surface area contributed by atoms with Crippen molar-refractivity contribution in [3.8, 4) is 0 Å². The summed E-state index contributed by atoms with van der Waals surface area (Å²) in [5, 5.41) is 19.8. The molecule has 1 amide bonds. The van der Waals surface area contributed by atoms with E-state index in [0.29, 0.717) is 13.0 Å². The van der Waals surface area contributed by atoms with Crippen molar-refractivity contribution in [3.05, 3.63) is 0 Å². The van der Waals surface area contributed by atoms with Crippen LogP contribution in [0.3, 0.4) is 0 Å². The molecule has 1 aliphatic rings. The summed E-state index contributed by atoms with van der Waals surface area (Å²) in [5.74, 6) is -3.03. The van der Waals surface area contributed by atoms with Crippen LogP contribution in [0.25, 0.3) is 0 Å². The Balaban J connectivity index is 2.46. The number of carboxylic acid groups (broad SMARTS) is 2. The second kappa shape index (κ2) is 6.95. The van der Waals surface area contributed by atoms with E-state index in [1.165, 1.54) is 0 Å². The summed E-state index contributed by atoms with van der Waals surface area (Å²) in [6.07, 6.45) is 1.02. The summed E-state index contributed by atoms with van der Waals surface area (Å²) in [5.41, 5.74) is 0. The van der Waals surface area contributed by atoms with E-state index in [-0.39, 0.29) is 31.3 Å². The Kier molecular flexibility index (Phi) is 5.57. The number of amides is 1. The first-order valence-electron chi connectivity index (χ1n) is 5.83. The molecular weight excluding hydrogens is 242 g/mol. The summed E-state index contributed by atoms with van der Waals surface area (Å²) in [4.78, 5) is 33.0. The van der Waals surface area contributed by atoms with Crippen LogP contribution in [0.15, 0.2) is 0 Å². The highest BCUT2D eigenvalue weighted by molar-refractivity contribution is 5.85. The van der Waals surface area contributed by atoms with Crippen molar-refractivity contribution in [2.45, 2.75) is 31.7 Å². The predicted molar refractivity (Wildman–Crippen MR) is 60.0 cm³/mol. The molecule has 0 aromatic carbocycles. The molecule has 18 heavy (non-hydrogen) atoms. The standard InChI is InChI=1S/C11H17NO6/c13-9(14)4-3-8(11(16)17)12-10(15)7-2-1-5-18-6-7/h7-8H,1-6H2,(H,12,15)(H,13,14)(H,16,17)/t7?,8-/m0/s1. The Labute approximate surface area is 104 Å². The molecule has 0 saturated carbocycles. The maximum Gasteiger partial charge on any atom is 0.326 e. The van der Waals surface area contributed by atoms with Gasteiger partial charge in [-0.05, 0) is 19.3 Å². The van der Waals surface area contributed by atoms with Crippen molar-refractivity contribution in [1.29, 1.82) is 0 Å². The molecule has 0 aliphatic carbocycles. The van der Waals surface area contributed by atoms with Crippen molar-refractivity contribution in [3.63, 3.8) is 0 Å². The zero-order valence-electron chi connectivity index (χ0n) is 9.92. The number of rotatable bonds is 6. The summed E-state index contributed by atoms with van der Waals surface area (Å²) in [6, 6.07) is -1.16. The summed E-state index contributed by atoms with van der Waals surface area (Å²) in [6.45, 7) is 0.905. The second-order valence-electron chi connectivity index (χ2n) is 4.25. The molecule has 1 rings (SSSR count). The largest absolute Gasteiger partial charge is 0.481 e. The van der Waals surface area contributed by atoms with Gasteiger partial charge in [0.25, 0.3) is 0 Å². The van der Waals surface area contributed by atoms with Crippen molar-refractivity contribution in [1.82, 2.24) is 5.32 Å². The number of carbonyl (C=O) groups is 3. The van der Waals surface area contributed by atoms with Crippen LogP contribution in [0.4, 0.5) is 0 Å². The average Bonchev–Trinajstić information content (AvgIpc) is 2.34. The van der Waals surface area contributed by atoms with Gasteiger partial charge < -0.3 is 20.3 Å². The maximum atomic E-state index is 11.8. The van der Waals surface area contributed by atoms with Gasteiger partial charge in [0.05, 0.1) is 12.5 Å². The van der Waals surface area contributed by atoms with Gasteiger partial charge >= 0.3 is 11.9 Å². The van der Waals surface area contributed by atoms with Crippen LogP contribution in [0, 0.1) is 5.92 Å². The lowest BCUT2D eigenvalue weighted by molar-refractivity contribution is -0.144. The van der Waals surface area contributed by atoms with Crippen LogP contribution in [-0.2, 0) is 19.1 Å². The minimum Gasteiger partial charge on any atom is -0.481 e. The van der Waals surface area contributed by atoms with Gasteiger partial charge in [-0.3, -0.25) is 9.59 Å². The summed E-state index contributed by atoms with van der Waals surface area (Å²) in [7, 11) is 0. The van der Waals surface area contributed by atoms with E-state index in [4.69, 9.17) is 14.9 Å². The smallest absolute Gasteiger partial charge is 0.326 e. The summed E-state index contributed by atoms with van der Waals surface area (Å²) < 4.78 is 5.14. The number of nitrogens with one attached hydrogen (secondary N) is 1. The molecule has 0 spiro atoms. The zero-order chi connectivity index (χ0) is 13.5. The molecule has 0 aromatic rings. The number of ether oxygens (including phenoxy) is 1. The molecule has 2 atom stereocenters. The molecule has 1 unspecified atom stereocenters. The molecule has 0 bridgehead atoms. The molecule has 0 aromatic heterocycles. The van der Waals surface area contributed by atoms with Crippen molar-refractivity contribution in [2.75, 3.05) is 13.2 Å². The number of carbonyl (C=O) groups excluding carboxylic acids is 1. The lowest BCUT2D eigenvalue weighted by Gasteiger charge is -2.23. The number of aliphatic carboxylic acids is 2. The summed E-state index contributed by atoms with van der Waals surface area (Å²) >= 11 is 0. The fourth-order valence-corrected chi connectivity index (χ4v) is 1.76. The van der Waals surface area contributed by atoms with Gasteiger partial charge in [-0.25, -0.2) is 4.79 Å². The highest BCUT2D eigenvalue weighted by atomic mass is 16.5. The van der Waals surface area contributed by atoms with Gasteiger partial charge in [0.15, 0.2) is 0 Å². The Hall–Kier alpha value is -1.63. The molecule has 102 valence electrons. The van der Waals surface area contributed by atoms with Gasteiger partial charge in [0.1, 0.15) is 6.04 Å². The first-order chi connectivity index (χ1) is 8.50. The van der Waals surface area contributed by atoms with Crippen LogP contribution in [0.1, 0.15) is 25.7 Å². The van der Waals surface area contributed by atoms with Crippen molar-refractivity contribution >= 4 is 17.8 Å². The van der Waals surface area contributed by atoms with Crippen molar-refractivity contribution in [2.24, 2.45) is 5.92 Å². The SMILES string of the molecule is O=C(O)CC[C@H](NC(=O)C1CCCOC1)C(=O)O. The third-order valence-corrected chi connectivity index (χ3v) is 2.79. The van der Waals surface area contributed by atoms with Crippen LogP contribution in [-0.4, -0.2) is 47.3 Å². The van der Waals surface area contributed by atoms with Gasteiger partial charge in [0, 0.05) is 13.0 Å². The van der Waals surface area contributed by atoms with E-state index < -0.39 is 18.0 Å². The first-order valence-corrected chi connectivity index (χ1v) is 5.83. The Morgan fingerprint density at radius 2 is 2.06 bits per heavy atom. The normalized spacial score (nSPS) is 21.0. The van der Waals surface area contributed by atoms with E-state index in [1.807, 2.05) is 0 Å². The fraction of sp³-hybridized carbons (Fsp3) is 0.727. The minimum atomic E-state index is -1.22. The van der Waals surface area contributed by atoms with Crippen LogP contribution in [0.5, 0.6) is 0 Å². The molecule has 1 fully saturated rings. The molecule has 1 saturated heterocycles. The van der Waals surface area contributed by atoms with E-state index in [2.05, 4.69) is 5.32 Å². The topological polar surface area (TPSA) is 113 Å². The van der Waals surface area contributed by atoms with E-state index in [0.717, 1.165) is 6.42 Å². The maximum absolute atomic E-state index is 11.8. The van der Waals surface area contributed by atoms with E-state index >= 15 is 0 Å². The number of carboxylic acids is 2. The molecule has 7 heteroatoms. The van der Waals surface area contributed by atoms with Crippen LogP contribution in [0.2, 0.25) is 0 Å². The molecular formula is C11H17NO6. The third-order valence-electron chi connectivity index (χ3n) is 2.79. The molecule has 7 nitrogen and oxygen atoms in total. The van der Waals surface area contributed by atoms with Gasteiger partial charge in [-0.1, -0.05) is 0 Å². The molecule has 3 N–H and O–H groups in total. The lowest BCUT2D eigenvalue weighted by Crippen LogP contribution is -2.45. The Morgan fingerprint density at radius 1 is 1.33 bits per heavy atom. The van der Waals surface area contributed by atoms with E-state index in [1.54, 1.807) is 0 Å². The van der Waals surface area contributed by atoms with Gasteiger partial charge in [-0.15, -0.1) is 0 Å². The van der Waals surface area contributed by atoms with Crippen molar-refractivity contribution < 1.29 is 29.3 Å². The quantitative estimate of drug-likeness (QED) is 0.611. The average molecular weight is 259 g/mol. The molecule has 1 heterocycles. The first kappa shape index (κ1) is 14.4. The highest BCUT2D eigenvalue weighted by Gasteiger charge is 2.27. The van der Waals surface area contributed by atoms with E-state index in [9.17, 15) is 14.4 Å². The number of hydrogen-bond acceptors (Lipinski definition) is 4. The van der Waals surface area contributed by atoms with Crippen LogP contribution >= 0.6 is 0 Å². The van der Waals surface area contributed by atoms with Crippen LogP contribution < -0.4 is 5.32 Å². The molecule has 1 aliphatic heterocycles. The lowest BCUT2D eigenvalue weighted by atomic mass is 10.0. The Morgan fingerprint density at radius 3 is 2.56 bits per heavy atom. The highest BCUT2D eigenvalue weighted by Crippen LogP contribution is 2.14. The molecule has 0 radical (unpaired) electrons. The Bertz CT molecular complexity index is 323. The van der Waals surface area contributed by atoms with Gasteiger partial charge in [-0.2, -0.15) is 0 Å². The second-order valence-corrected chi connectivity index (χ2v) is 4.25. The third kappa shape index (κ3) is 4.70. The number of hydrogen-bond donors (Lipinski definition) is 3. The fourth-order valence-electron chi connectivity index (χ4n) is 1.76. The monoisotopic (exact) mass is 259 g/mol. The zero-order valence-corrected chi connectivity index (χ0v) is 9.92. The minimum absolute atomic E-state index is 0.121. The van der Waals surface area contributed by atoms with Gasteiger partial charge in [0.2, 0.25) is 5.91 Å². The predicted octanol–water partition coefficient (Wildman–Crippen LogP) is -0.153.